The summed E-state index contributed by atoms with van der Waals surface area (Å²) < 4.78 is 85.6. The second-order valence-electron chi connectivity index (χ2n) is 9.69. The zero-order valence-electron chi connectivity index (χ0n) is 22.3. The predicted molar refractivity (Wildman–Crippen MR) is 140 cm³/mol. The Hall–Kier alpha value is -4.56. The Labute approximate surface area is 230 Å². The summed E-state index contributed by atoms with van der Waals surface area (Å²) in [6, 6.07) is -0.00815. The number of aromatic nitrogens is 5. The van der Waals surface area contributed by atoms with Gasteiger partial charge in [-0.15, -0.1) is 0 Å². The first-order valence-corrected chi connectivity index (χ1v) is 12.5. The summed E-state index contributed by atoms with van der Waals surface area (Å²) >= 11 is 0. The van der Waals surface area contributed by atoms with Gasteiger partial charge in [-0.3, -0.25) is 4.98 Å². The van der Waals surface area contributed by atoms with E-state index < -0.39 is 63.5 Å². The van der Waals surface area contributed by atoms with Crippen molar-refractivity contribution >= 4 is 28.2 Å². The first-order chi connectivity index (χ1) is 19.3. The second kappa shape index (κ2) is 10.1. The first kappa shape index (κ1) is 28.0. The van der Waals surface area contributed by atoms with Crippen LogP contribution < -0.4 is 25.8 Å². The molecule has 4 N–H and O–H groups in total. The van der Waals surface area contributed by atoms with Crippen molar-refractivity contribution in [2.45, 2.75) is 46.0 Å². The normalized spacial score (nSPS) is 14.2. The molecule has 1 aliphatic heterocycles. The monoisotopic (exact) mass is 576 g/mol. The van der Waals surface area contributed by atoms with Gasteiger partial charge in [0, 0.05) is 12.4 Å². The number of halogens is 5. The zero-order chi connectivity index (χ0) is 29.8. The highest BCUT2D eigenvalue weighted by molar-refractivity contribution is 5.97. The smallest absolute Gasteiger partial charge is 0.417 e. The van der Waals surface area contributed by atoms with E-state index in [1.165, 1.54) is 12.4 Å². The number of nitrogen functional groups attached to an aromatic ring is 2. The van der Waals surface area contributed by atoms with Crippen LogP contribution in [0, 0.1) is 18.6 Å². The largest absolute Gasteiger partial charge is 0.475 e. The number of nitrogens with zero attached hydrogens (tertiary/aromatic N) is 6. The Morgan fingerprint density at radius 3 is 2.39 bits per heavy atom. The number of aryl methyl sites for hydroxylation is 1. The average Bonchev–Trinajstić information content (AvgIpc) is 3.06. The maximum atomic E-state index is 16.4. The van der Waals surface area contributed by atoms with Crippen LogP contribution >= 0.6 is 0 Å². The maximum absolute atomic E-state index is 16.4. The number of rotatable bonds is 5. The first-order valence-electron chi connectivity index (χ1n) is 12.5. The maximum Gasteiger partial charge on any atom is 0.417 e. The van der Waals surface area contributed by atoms with E-state index in [2.05, 4.69) is 24.9 Å². The molecule has 15 heteroatoms. The van der Waals surface area contributed by atoms with Crippen molar-refractivity contribution in [1.29, 1.82) is 0 Å². The summed E-state index contributed by atoms with van der Waals surface area (Å²) in [5.41, 5.74) is 7.08. The lowest BCUT2D eigenvalue weighted by Gasteiger charge is -2.29. The molecule has 5 rings (SSSR count). The molecule has 10 nitrogen and oxygen atoms in total. The SMILES string of the molecule is Cc1cc(N)c(F)c(-c2nc3c4c(nc(OC(C)C)nc4c2F)N([C@H](C)c2nccnc2N)CCO3)c1C(F)(F)F. The molecule has 41 heavy (non-hydrogen) atoms. The average molecular weight is 577 g/mol. The van der Waals surface area contributed by atoms with Crippen molar-refractivity contribution in [3.05, 3.63) is 46.9 Å². The number of pyridine rings is 1. The van der Waals surface area contributed by atoms with Crippen LogP contribution in [0.5, 0.6) is 11.9 Å². The third-order valence-electron chi connectivity index (χ3n) is 6.53. The number of ether oxygens (including phenoxy) is 2. The van der Waals surface area contributed by atoms with Gasteiger partial charge < -0.3 is 25.8 Å². The van der Waals surface area contributed by atoms with Crippen LogP contribution in [0.3, 0.4) is 0 Å². The number of alkyl halides is 3. The topological polar surface area (TPSA) is 138 Å². The van der Waals surface area contributed by atoms with Crippen LogP contribution in [-0.4, -0.2) is 44.2 Å². The van der Waals surface area contributed by atoms with Crippen LogP contribution in [0.15, 0.2) is 18.5 Å². The summed E-state index contributed by atoms with van der Waals surface area (Å²) in [6.45, 7) is 6.33. The van der Waals surface area contributed by atoms with E-state index in [1.807, 2.05) is 0 Å². The summed E-state index contributed by atoms with van der Waals surface area (Å²) in [5, 5.41) is -0.0521. The Morgan fingerprint density at radius 2 is 1.73 bits per heavy atom. The summed E-state index contributed by atoms with van der Waals surface area (Å²) in [6.07, 6.45) is -2.62. The van der Waals surface area contributed by atoms with Gasteiger partial charge in [0.1, 0.15) is 40.5 Å². The second-order valence-corrected chi connectivity index (χ2v) is 9.69. The van der Waals surface area contributed by atoms with Crippen LogP contribution in [0.4, 0.5) is 39.3 Å². The molecule has 4 heterocycles. The lowest BCUT2D eigenvalue weighted by Crippen LogP contribution is -2.32. The van der Waals surface area contributed by atoms with E-state index in [4.69, 9.17) is 20.9 Å². The fourth-order valence-corrected chi connectivity index (χ4v) is 4.81. The molecule has 0 radical (unpaired) electrons. The summed E-state index contributed by atoms with van der Waals surface area (Å²) in [4.78, 5) is 22.8. The van der Waals surface area contributed by atoms with Gasteiger partial charge in [0.15, 0.2) is 11.6 Å². The van der Waals surface area contributed by atoms with Crippen molar-refractivity contribution in [2.24, 2.45) is 0 Å². The molecular weight excluding hydrogens is 551 g/mol. The summed E-state index contributed by atoms with van der Waals surface area (Å²) in [7, 11) is 0. The molecular formula is C26H25F5N8O2. The molecule has 0 bridgehead atoms. The number of nitrogens with two attached hydrogens (primary N) is 2. The Balaban J connectivity index is 1.85. The van der Waals surface area contributed by atoms with E-state index in [0.29, 0.717) is 5.69 Å². The van der Waals surface area contributed by atoms with E-state index in [-0.39, 0.29) is 42.1 Å². The van der Waals surface area contributed by atoms with Gasteiger partial charge in [-0.25, -0.2) is 18.7 Å². The fraction of sp³-hybridized carbons (Fsp3) is 0.346. The van der Waals surface area contributed by atoms with Gasteiger partial charge in [-0.1, -0.05) is 0 Å². The van der Waals surface area contributed by atoms with Crippen molar-refractivity contribution < 1.29 is 31.4 Å². The number of hydrogen-bond donors (Lipinski definition) is 2. The van der Waals surface area contributed by atoms with Crippen LogP contribution in [0.25, 0.3) is 22.2 Å². The lowest BCUT2D eigenvalue weighted by molar-refractivity contribution is -0.137. The Kier molecular flexibility index (Phi) is 6.91. The molecule has 0 spiro atoms. The van der Waals surface area contributed by atoms with E-state index in [1.54, 1.807) is 25.7 Å². The Bertz CT molecular complexity index is 1660. The third-order valence-corrected chi connectivity index (χ3v) is 6.53. The van der Waals surface area contributed by atoms with Crippen LogP contribution in [0.1, 0.15) is 43.6 Å². The van der Waals surface area contributed by atoms with Gasteiger partial charge in [0.2, 0.25) is 5.88 Å². The molecule has 1 aromatic carbocycles. The minimum Gasteiger partial charge on any atom is -0.475 e. The van der Waals surface area contributed by atoms with Gasteiger partial charge in [-0.05, 0) is 39.3 Å². The molecule has 1 atom stereocenters. The fourth-order valence-electron chi connectivity index (χ4n) is 4.81. The molecule has 0 amide bonds. The minimum absolute atomic E-state index is 0.0521. The van der Waals surface area contributed by atoms with Crippen molar-refractivity contribution in [1.82, 2.24) is 24.9 Å². The van der Waals surface area contributed by atoms with Crippen molar-refractivity contribution in [3.63, 3.8) is 0 Å². The number of anilines is 3. The van der Waals surface area contributed by atoms with Gasteiger partial charge in [0.05, 0.1) is 35.5 Å². The molecule has 0 saturated heterocycles. The third kappa shape index (κ3) is 4.85. The van der Waals surface area contributed by atoms with Crippen molar-refractivity contribution in [2.75, 3.05) is 29.5 Å². The predicted octanol–water partition coefficient (Wildman–Crippen LogP) is 5.00. The molecule has 0 aliphatic carbocycles. The highest BCUT2D eigenvalue weighted by Gasteiger charge is 2.40. The number of benzene rings is 1. The molecule has 0 saturated carbocycles. The molecule has 0 unspecified atom stereocenters. The Morgan fingerprint density at radius 1 is 1.02 bits per heavy atom. The zero-order valence-corrected chi connectivity index (χ0v) is 22.3. The highest BCUT2D eigenvalue weighted by Crippen LogP contribution is 2.46. The number of hydrogen-bond acceptors (Lipinski definition) is 10. The highest BCUT2D eigenvalue weighted by atomic mass is 19.4. The van der Waals surface area contributed by atoms with Crippen molar-refractivity contribution in [3.8, 4) is 23.1 Å². The van der Waals surface area contributed by atoms with Gasteiger partial charge >= 0.3 is 12.2 Å². The van der Waals surface area contributed by atoms with Gasteiger partial charge in [-0.2, -0.15) is 23.1 Å². The molecule has 4 aromatic rings. The minimum atomic E-state index is -5.06. The molecule has 3 aromatic heterocycles. The van der Waals surface area contributed by atoms with Crippen LogP contribution in [-0.2, 0) is 6.18 Å². The molecule has 1 aliphatic rings. The molecule has 216 valence electrons. The van der Waals surface area contributed by atoms with E-state index >= 15 is 8.78 Å². The lowest BCUT2D eigenvalue weighted by atomic mass is 9.96. The quantitative estimate of drug-likeness (QED) is 0.247. The summed E-state index contributed by atoms with van der Waals surface area (Å²) in [5.74, 6) is -2.85. The molecule has 0 fully saturated rings. The van der Waals surface area contributed by atoms with E-state index in [0.717, 1.165) is 13.0 Å². The van der Waals surface area contributed by atoms with Gasteiger partial charge in [0.25, 0.3) is 0 Å². The van der Waals surface area contributed by atoms with Crippen LogP contribution in [0.2, 0.25) is 0 Å². The van der Waals surface area contributed by atoms with E-state index in [9.17, 15) is 13.2 Å². The standard InChI is InChI=1S/C26H25F5N8O2/c1-10(2)41-25-37-21-15-23(38-25)39(12(4)19-22(33)35-6-5-34-19)7-8-40-24(15)36-20(18(21)28)14-16(26(29,30)31)11(3)9-13(32)17(14)27/h5-6,9-10,12H,7-8,32H2,1-4H3,(H2,33,35)/t12-/m1/s1.